The van der Waals surface area contributed by atoms with Gasteiger partial charge in [-0.05, 0) is 31.2 Å². The molecule has 0 fully saturated rings. The van der Waals surface area contributed by atoms with Crippen molar-refractivity contribution in [2.24, 2.45) is 0 Å². The summed E-state index contributed by atoms with van der Waals surface area (Å²) in [5, 5.41) is 0. The molecule has 1 heterocycles. The van der Waals surface area contributed by atoms with Gasteiger partial charge in [0.1, 0.15) is 5.82 Å². The minimum Gasteiger partial charge on any atom is -0.268 e. The molecule has 100 valence electrons. The topological polar surface area (TPSA) is 34.9 Å². The van der Waals surface area contributed by atoms with Crippen molar-refractivity contribution in [3.05, 3.63) is 65.5 Å². The number of hydrogen-bond acceptors (Lipinski definition) is 2. The molecule has 1 aromatic heterocycles. The molecule has 0 spiro atoms. The van der Waals surface area contributed by atoms with Gasteiger partial charge in [0.05, 0.1) is 11.0 Å². The number of imidazole rings is 1. The Morgan fingerprint density at radius 3 is 2.50 bits per heavy atom. The Balaban J connectivity index is 2.17. The third-order valence-corrected chi connectivity index (χ3v) is 3.45. The molecule has 2 aromatic carbocycles. The molecule has 0 saturated carbocycles. The van der Waals surface area contributed by atoms with Gasteiger partial charge in [-0.3, -0.25) is 9.36 Å². The van der Waals surface area contributed by atoms with Crippen LogP contribution in [0, 0.1) is 6.92 Å². The number of rotatable bonds is 2. The summed E-state index contributed by atoms with van der Waals surface area (Å²) in [6.07, 6.45) is 0.728. The van der Waals surface area contributed by atoms with Crippen LogP contribution in [0.5, 0.6) is 0 Å². The molecule has 3 rings (SSSR count). The van der Waals surface area contributed by atoms with Crippen LogP contribution in [0.4, 0.5) is 0 Å². The third kappa shape index (κ3) is 2.01. The quantitative estimate of drug-likeness (QED) is 0.709. The van der Waals surface area contributed by atoms with E-state index in [4.69, 9.17) is 0 Å². The molecule has 3 nitrogen and oxygen atoms in total. The van der Waals surface area contributed by atoms with Crippen LogP contribution in [0.15, 0.2) is 48.5 Å². The van der Waals surface area contributed by atoms with E-state index >= 15 is 0 Å². The van der Waals surface area contributed by atoms with Gasteiger partial charge in [-0.25, -0.2) is 4.98 Å². The first-order valence-electron chi connectivity index (χ1n) is 6.78. The van der Waals surface area contributed by atoms with E-state index in [1.165, 1.54) is 0 Å². The van der Waals surface area contributed by atoms with Gasteiger partial charge in [0.15, 0.2) is 0 Å². The Hall–Kier alpha value is -2.42. The molecule has 0 radical (unpaired) electrons. The molecule has 3 heteroatoms. The fourth-order valence-electron chi connectivity index (χ4n) is 2.36. The van der Waals surface area contributed by atoms with Crippen molar-refractivity contribution in [2.45, 2.75) is 20.3 Å². The van der Waals surface area contributed by atoms with E-state index in [1.807, 2.05) is 62.4 Å². The zero-order valence-electron chi connectivity index (χ0n) is 11.6. The van der Waals surface area contributed by atoms with Gasteiger partial charge in [0, 0.05) is 12.0 Å². The molecule has 0 bridgehead atoms. The summed E-state index contributed by atoms with van der Waals surface area (Å²) in [5.41, 5.74) is 3.57. The molecule has 0 atom stereocenters. The fraction of sp³-hybridized carbons (Fsp3) is 0.176. The van der Waals surface area contributed by atoms with Gasteiger partial charge in [0.2, 0.25) is 0 Å². The van der Waals surface area contributed by atoms with E-state index in [9.17, 15) is 4.79 Å². The van der Waals surface area contributed by atoms with Crippen LogP contribution in [0.1, 0.15) is 28.7 Å². The van der Waals surface area contributed by atoms with Gasteiger partial charge in [-0.15, -0.1) is 0 Å². The smallest absolute Gasteiger partial charge is 0.263 e. The minimum absolute atomic E-state index is 0.0180. The largest absolute Gasteiger partial charge is 0.268 e. The van der Waals surface area contributed by atoms with Crippen LogP contribution in [-0.4, -0.2) is 15.5 Å². The van der Waals surface area contributed by atoms with Crippen LogP contribution in [0.3, 0.4) is 0 Å². The molecule has 0 aliphatic heterocycles. The van der Waals surface area contributed by atoms with Crippen LogP contribution >= 0.6 is 0 Å². The minimum atomic E-state index is -0.0180. The molecule has 0 unspecified atom stereocenters. The molecule has 20 heavy (non-hydrogen) atoms. The third-order valence-electron chi connectivity index (χ3n) is 3.45. The highest BCUT2D eigenvalue weighted by molar-refractivity contribution is 6.01. The van der Waals surface area contributed by atoms with Crippen molar-refractivity contribution in [2.75, 3.05) is 0 Å². The highest BCUT2D eigenvalue weighted by Gasteiger charge is 2.16. The number of carbonyl (C=O) groups is 1. The molecule has 0 aliphatic rings. The first-order valence-corrected chi connectivity index (χ1v) is 6.78. The maximum Gasteiger partial charge on any atom is 0.263 e. The molecular formula is C17H16N2O. The lowest BCUT2D eigenvalue weighted by Gasteiger charge is -2.07. The molecule has 0 saturated heterocycles. The summed E-state index contributed by atoms with van der Waals surface area (Å²) in [4.78, 5) is 17.3. The monoisotopic (exact) mass is 264 g/mol. The molecular weight excluding hydrogens is 248 g/mol. The normalized spacial score (nSPS) is 10.9. The highest BCUT2D eigenvalue weighted by Crippen LogP contribution is 2.18. The number of hydrogen-bond donors (Lipinski definition) is 0. The SMILES string of the molecule is CCc1nc2ccccc2n1C(=O)c1ccc(C)cc1. The van der Waals surface area contributed by atoms with Crippen LogP contribution in [0.25, 0.3) is 11.0 Å². The van der Waals surface area contributed by atoms with Crippen LogP contribution in [-0.2, 0) is 6.42 Å². The summed E-state index contributed by atoms with van der Waals surface area (Å²) in [6.45, 7) is 4.03. The molecule has 0 N–H and O–H groups in total. The number of benzene rings is 2. The van der Waals surface area contributed by atoms with Crippen molar-refractivity contribution < 1.29 is 4.79 Å². The Kier molecular flexibility index (Phi) is 3.11. The summed E-state index contributed by atoms with van der Waals surface area (Å²) in [6, 6.07) is 15.4. The van der Waals surface area contributed by atoms with E-state index in [0.29, 0.717) is 5.56 Å². The Labute approximate surface area is 117 Å². The fourth-order valence-corrected chi connectivity index (χ4v) is 2.36. The lowest BCUT2D eigenvalue weighted by molar-refractivity contribution is 0.0961. The second-order valence-electron chi connectivity index (χ2n) is 4.88. The summed E-state index contributed by atoms with van der Waals surface area (Å²) in [7, 11) is 0. The molecule has 0 amide bonds. The van der Waals surface area contributed by atoms with Gasteiger partial charge in [0.25, 0.3) is 5.91 Å². The average molecular weight is 264 g/mol. The molecule has 3 aromatic rings. The number of nitrogens with zero attached hydrogens (tertiary/aromatic N) is 2. The van der Waals surface area contributed by atoms with Gasteiger partial charge < -0.3 is 0 Å². The second-order valence-corrected chi connectivity index (χ2v) is 4.88. The highest BCUT2D eigenvalue weighted by atomic mass is 16.2. The van der Waals surface area contributed by atoms with Crippen molar-refractivity contribution >= 4 is 16.9 Å². The number of aryl methyl sites for hydroxylation is 2. The van der Waals surface area contributed by atoms with Crippen molar-refractivity contribution in [3.63, 3.8) is 0 Å². The van der Waals surface area contributed by atoms with Gasteiger partial charge >= 0.3 is 0 Å². The number of fused-ring (bicyclic) bond motifs is 1. The standard InChI is InChI=1S/C17H16N2O/c1-3-16-18-14-6-4-5-7-15(14)19(16)17(20)13-10-8-12(2)9-11-13/h4-11H,3H2,1-2H3. The van der Waals surface area contributed by atoms with Gasteiger partial charge in [-0.1, -0.05) is 36.8 Å². The molecule has 0 aliphatic carbocycles. The Morgan fingerprint density at radius 1 is 1.10 bits per heavy atom. The van der Waals surface area contributed by atoms with Gasteiger partial charge in [-0.2, -0.15) is 0 Å². The maximum atomic E-state index is 12.7. The van der Waals surface area contributed by atoms with Crippen molar-refractivity contribution in [1.82, 2.24) is 9.55 Å². The number of aromatic nitrogens is 2. The van der Waals surface area contributed by atoms with Crippen molar-refractivity contribution in [1.29, 1.82) is 0 Å². The zero-order chi connectivity index (χ0) is 14.1. The lowest BCUT2D eigenvalue weighted by atomic mass is 10.1. The number of carbonyl (C=O) groups excluding carboxylic acids is 1. The lowest BCUT2D eigenvalue weighted by Crippen LogP contribution is -2.14. The zero-order valence-corrected chi connectivity index (χ0v) is 11.6. The number of para-hydroxylation sites is 2. The maximum absolute atomic E-state index is 12.7. The average Bonchev–Trinajstić information content (AvgIpc) is 2.85. The van der Waals surface area contributed by atoms with E-state index in [2.05, 4.69) is 4.98 Å². The Bertz CT molecular complexity index is 769. The van der Waals surface area contributed by atoms with E-state index < -0.39 is 0 Å². The Morgan fingerprint density at radius 2 is 1.80 bits per heavy atom. The van der Waals surface area contributed by atoms with E-state index in [0.717, 1.165) is 28.8 Å². The van der Waals surface area contributed by atoms with Crippen molar-refractivity contribution in [3.8, 4) is 0 Å². The van der Waals surface area contributed by atoms with Crippen LogP contribution < -0.4 is 0 Å². The van der Waals surface area contributed by atoms with E-state index in [-0.39, 0.29) is 5.91 Å². The first kappa shape index (κ1) is 12.6. The summed E-state index contributed by atoms with van der Waals surface area (Å²) < 4.78 is 1.72. The predicted molar refractivity (Wildman–Crippen MR) is 80.0 cm³/mol. The second kappa shape index (κ2) is 4.93. The first-order chi connectivity index (χ1) is 9.70. The van der Waals surface area contributed by atoms with E-state index in [1.54, 1.807) is 4.57 Å². The van der Waals surface area contributed by atoms with Crippen LogP contribution in [0.2, 0.25) is 0 Å². The summed E-state index contributed by atoms with van der Waals surface area (Å²) in [5.74, 6) is 0.785. The predicted octanol–water partition coefficient (Wildman–Crippen LogP) is 3.60. The summed E-state index contributed by atoms with van der Waals surface area (Å²) >= 11 is 0.